The Hall–Kier alpha value is -1.58. The fourth-order valence-electron chi connectivity index (χ4n) is 1.26. The minimum atomic E-state index is -0.484. The molecule has 0 aliphatic carbocycles. The monoisotopic (exact) mass is 225 g/mol. The molecule has 4 heteroatoms. The molecule has 0 heterocycles. The number of esters is 1. The van der Waals surface area contributed by atoms with Gasteiger partial charge in [-0.2, -0.15) is 0 Å². The number of anilines is 1. The molecule has 0 fully saturated rings. The third kappa shape index (κ3) is 3.22. The zero-order valence-electron chi connectivity index (χ0n) is 9.71. The van der Waals surface area contributed by atoms with E-state index in [2.05, 4.69) is 5.32 Å². The highest BCUT2D eigenvalue weighted by Crippen LogP contribution is 2.14. The van der Waals surface area contributed by atoms with Crippen LogP contribution in [0.2, 0.25) is 0 Å². The molecule has 0 aliphatic heterocycles. The average Bonchev–Trinajstić information content (AvgIpc) is 2.24. The fourth-order valence-corrected chi connectivity index (χ4v) is 1.26. The minimum absolute atomic E-state index is 0.291. The molecule has 0 spiro atoms. The fraction of sp³-hybridized carbons (Fsp3) is 0.417. The second-order valence-corrected chi connectivity index (χ2v) is 3.58. The summed E-state index contributed by atoms with van der Waals surface area (Å²) in [6.45, 7) is 5.45. The van der Waals surface area contributed by atoms with E-state index in [9.17, 15) is 9.18 Å². The first kappa shape index (κ1) is 12.5. The van der Waals surface area contributed by atoms with Gasteiger partial charge in [-0.05, 0) is 38.5 Å². The van der Waals surface area contributed by atoms with Crippen LogP contribution in [-0.2, 0) is 9.53 Å². The van der Waals surface area contributed by atoms with Crippen LogP contribution < -0.4 is 5.32 Å². The van der Waals surface area contributed by atoms with E-state index in [1.165, 1.54) is 6.07 Å². The van der Waals surface area contributed by atoms with Crippen LogP contribution in [0.4, 0.5) is 10.1 Å². The second kappa shape index (κ2) is 5.49. The van der Waals surface area contributed by atoms with Crippen molar-refractivity contribution in [3.05, 3.63) is 29.6 Å². The van der Waals surface area contributed by atoms with E-state index in [-0.39, 0.29) is 11.8 Å². The number of halogens is 1. The van der Waals surface area contributed by atoms with Gasteiger partial charge < -0.3 is 10.1 Å². The van der Waals surface area contributed by atoms with Crippen molar-refractivity contribution < 1.29 is 13.9 Å². The Kier molecular flexibility index (Phi) is 4.28. The van der Waals surface area contributed by atoms with Crippen LogP contribution in [0.25, 0.3) is 0 Å². The standard InChI is InChI=1S/C12H16FNO2/c1-4-16-12(15)9(3)14-10-6-5-8(2)11(13)7-10/h5-7,9,14H,4H2,1-3H3. The summed E-state index contributed by atoms with van der Waals surface area (Å²) in [4.78, 5) is 11.3. The lowest BCUT2D eigenvalue weighted by Gasteiger charge is -2.14. The third-order valence-corrected chi connectivity index (χ3v) is 2.20. The van der Waals surface area contributed by atoms with Gasteiger partial charge in [-0.3, -0.25) is 0 Å². The van der Waals surface area contributed by atoms with Crippen molar-refractivity contribution in [3.63, 3.8) is 0 Å². The smallest absolute Gasteiger partial charge is 0.328 e. The van der Waals surface area contributed by atoms with E-state index < -0.39 is 6.04 Å². The van der Waals surface area contributed by atoms with Crippen molar-refractivity contribution in [1.29, 1.82) is 0 Å². The van der Waals surface area contributed by atoms with Crippen LogP contribution in [0.1, 0.15) is 19.4 Å². The van der Waals surface area contributed by atoms with Crippen molar-refractivity contribution in [1.82, 2.24) is 0 Å². The van der Waals surface area contributed by atoms with E-state index in [0.717, 1.165) is 0 Å². The van der Waals surface area contributed by atoms with E-state index in [4.69, 9.17) is 4.74 Å². The number of ether oxygens (including phenoxy) is 1. The predicted molar refractivity (Wildman–Crippen MR) is 60.9 cm³/mol. The number of rotatable bonds is 4. The van der Waals surface area contributed by atoms with E-state index >= 15 is 0 Å². The van der Waals surface area contributed by atoms with Gasteiger partial charge in [0.15, 0.2) is 0 Å². The van der Waals surface area contributed by atoms with Gasteiger partial charge in [-0.1, -0.05) is 6.07 Å². The molecule has 3 nitrogen and oxygen atoms in total. The summed E-state index contributed by atoms with van der Waals surface area (Å²) in [5, 5.41) is 2.88. The number of hydrogen-bond acceptors (Lipinski definition) is 3. The maximum absolute atomic E-state index is 13.2. The zero-order chi connectivity index (χ0) is 12.1. The molecule has 88 valence electrons. The Balaban J connectivity index is 2.66. The molecule has 0 bridgehead atoms. The molecule has 0 aliphatic rings. The number of aryl methyl sites for hydroxylation is 1. The lowest BCUT2D eigenvalue weighted by Crippen LogP contribution is -2.28. The van der Waals surface area contributed by atoms with Crippen LogP contribution in [-0.4, -0.2) is 18.6 Å². The van der Waals surface area contributed by atoms with Gasteiger partial charge >= 0.3 is 5.97 Å². The average molecular weight is 225 g/mol. The molecule has 0 saturated heterocycles. The molecule has 0 radical (unpaired) electrons. The summed E-state index contributed by atoms with van der Waals surface area (Å²) in [7, 11) is 0. The van der Waals surface area contributed by atoms with Gasteiger partial charge in [0.25, 0.3) is 0 Å². The first-order valence-electron chi connectivity index (χ1n) is 5.24. The van der Waals surface area contributed by atoms with E-state index in [1.54, 1.807) is 32.9 Å². The van der Waals surface area contributed by atoms with Gasteiger partial charge in [-0.15, -0.1) is 0 Å². The Morgan fingerprint density at radius 3 is 2.81 bits per heavy atom. The van der Waals surface area contributed by atoms with Crippen molar-refractivity contribution in [2.45, 2.75) is 26.8 Å². The Labute approximate surface area is 94.6 Å². The maximum atomic E-state index is 13.2. The predicted octanol–water partition coefficient (Wildman–Crippen LogP) is 2.50. The summed E-state index contributed by atoms with van der Waals surface area (Å²) >= 11 is 0. The summed E-state index contributed by atoms with van der Waals surface area (Å²) in [6.07, 6.45) is 0. The van der Waals surface area contributed by atoms with Gasteiger partial charge in [0, 0.05) is 5.69 Å². The summed E-state index contributed by atoms with van der Waals surface area (Å²) in [5.74, 6) is -0.635. The molecule has 0 aromatic heterocycles. The van der Waals surface area contributed by atoms with Crippen molar-refractivity contribution in [2.24, 2.45) is 0 Å². The van der Waals surface area contributed by atoms with Gasteiger partial charge in [-0.25, -0.2) is 9.18 Å². The van der Waals surface area contributed by atoms with Crippen molar-refractivity contribution in [2.75, 3.05) is 11.9 Å². The number of hydrogen-bond donors (Lipinski definition) is 1. The molecule has 1 aromatic carbocycles. The molecule has 1 N–H and O–H groups in total. The summed E-state index contributed by atoms with van der Waals surface area (Å²) in [6, 6.07) is 4.27. The highest BCUT2D eigenvalue weighted by atomic mass is 19.1. The molecule has 1 rings (SSSR count). The lowest BCUT2D eigenvalue weighted by molar-refractivity contribution is -0.143. The third-order valence-electron chi connectivity index (χ3n) is 2.20. The topological polar surface area (TPSA) is 38.3 Å². The number of carbonyl (C=O) groups excluding carboxylic acids is 1. The van der Waals surface area contributed by atoms with Gasteiger partial charge in [0.05, 0.1) is 6.61 Å². The van der Waals surface area contributed by atoms with Crippen molar-refractivity contribution in [3.8, 4) is 0 Å². The first-order chi connectivity index (χ1) is 7.54. The van der Waals surface area contributed by atoms with Crippen LogP contribution in [0.5, 0.6) is 0 Å². The maximum Gasteiger partial charge on any atom is 0.328 e. The quantitative estimate of drug-likeness (QED) is 0.800. The summed E-state index contributed by atoms with van der Waals surface area (Å²) in [5.41, 5.74) is 1.15. The highest BCUT2D eigenvalue weighted by molar-refractivity contribution is 5.78. The van der Waals surface area contributed by atoms with Crippen LogP contribution in [0, 0.1) is 12.7 Å². The van der Waals surface area contributed by atoms with Gasteiger partial charge in [0.2, 0.25) is 0 Å². The number of nitrogens with one attached hydrogen (secondary N) is 1. The van der Waals surface area contributed by atoms with Crippen molar-refractivity contribution >= 4 is 11.7 Å². The second-order valence-electron chi connectivity index (χ2n) is 3.58. The van der Waals surface area contributed by atoms with Crippen LogP contribution in [0.15, 0.2) is 18.2 Å². The molecule has 1 aromatic rings. The molecule has 0 saturated carbocycles. The Morgan fingerprint density at radius 2 is 2.25 bits per heavy atom. The zero-order valence-corrected chi connectivity index (χ0v) is 9.71. The Bertz CT molecular complexity index is 379. The lowest BCUT2D eigenvalue weighted by atomic mass is 10.2. The highest BCUT2D eigenvalue weighted by Gasteiger charge is 2.13. The largest absolute Gasteiger partial charge is 0.464 e. The molecular formula is C12H16FNO2. The minimum Gasteiger partial charge on any atom is -0.464 e. The summed E-state index contributed by atoms with van der Waals surface area (Å²) < 4.78 is 18.1. The molecule has 16 heavy (non-hydrogen) atoms. The normalized spacial score (nSPS) is 12.0. The molecule has 1 unspecified atom stereocenters. The molecular weight excluding hydrogens is 209 g/mol. The van der Waals surface area contributed by atoms with Gasteiger partial charge in [0.1, 0.15) is 11.9 Å². The number of benzene rings is 1. The van der Waals surface area contributed by atoms with Crippen LogP contribution in [0.3, 0.4) is 0 Å². The first-order valence-corrected chi connectivity index (χ1v) is 5.24. The SMILES string of the molecule is CCOC(=O)C(C)Nc1ccc(C)c(F)c1. The molecule has 0 amide bonds. The molecule has 1 atom stereocenters. The van der Waals surface area contributed by atoms with E-state index in [0.29, 0.717) is 17.9 Å². The van der Waals surface area contributed by atoms with E-state index in [1.807, 2.05) is 0 Å². The Morgan fingerprint density at radius 1 is 1.56 bits per heavy atom. The van der Waals surface area contributed by atoms with Crippen LogP contribution >= 0.6 is 0 Å². The number of carbonyl (C=O) groups is 1.